The van der Waals surface area contributed by atoms with E-state index in [4.69, 9.17) is 0 Å². The average Bonchev–Trinajstić information content (AvgIpc) is 3.91. The van der Waals surface area contributed by atoms with Gasteiger partial charge in [-0.05, 0) is 145 Å². The molecule has 7 aromatic rings. The Bertz CT molecular complexity index is 3450. The van der Waals surface area contributed by atoms with E-state index in [0.717, 1.165) is 35.1 Å². The van der Waals surface area contributed by atoms with Crippen molar-refractivity contribution in [1.82, 2.24) is 0 Å². The van der Waals surface area contributed by atoms with E-state index < -0.39 is 0 Å². The van der Waals surface area contributed by atoms with Crippen LogP contribution in [0.5, 0.6) is 0 Å². The highest BCUT2D eigenvalue weighted by molar-refractivity contribution is 6.00. The highest BCUT2D eigenvalue weighted by atomic mass is 15.1. The summed E-state index contributed by atoms with van der Waals surface area (Å²) in [4.78, 5) is 2.46. The molecule has 0 aromatic heterocycles. The van der Waals surface area contributed by atoms with E-state index in [-0.39, 0.29) is 10.8 Å². The number of anilines is 3. The maximum atomic E-state index is 3.70. The van der Waals surface area contributed by atoms with Crippen molar-refractivity contribution in [2.24, 2.45) is 5.92 Å². The SMILES string of the molecule is CC1(C)c2cc(N(c3ccc(-c4ccccc4)cc3)c3ccc(-c4cccc5c4C4(C6=C(C=CCC6)c6ccccc64)c4ccccc4-5)c4c3=C=C=CC=4)ccc2C2C=CC=CC21. The number of benzene rings is 7. The van der Waals surface area contributed by atoms with Crippen LogP contribution in [-0.2, 0) is 10.8 Å². The molecule has 0 bridgehead atoms. The molecule has 3 atom stereocenters. The van der Waals surface area contributed by atoms with Crippen LogP contribution in [0.4, 0.5) is 17.1 Å². The molecule has 13 rings (SSSR count). The maximum Gasteiger partial charge on any atom is 0.0694 e. The first-order valence-electron chi connectivity index (χ1n) is 22.6. The first-order chi connectivity index (χ1) is 31.0. The van der Waals surface area contributed by atoms with Crippen LogP contribution in [0.1, 0.15) is 66.0 Å². The quantitative estimate of drug-likeness (QED) is 0.157. The fourth-order valence-corrected chi connectivity index (χ4v) is 12.4. The van der Waals surface area contributed by atoms with Gasteiger partial charge in [0.2, 0.25) is 0 Å². The van der Waals surface area contributed by atoms with Gasteiger partial charge in [-0.3, -0.25) is 0 Å². The van der Waals surface area contributed by atoms with Crippen LogP contribution in [0, 0.1) is 5.92 Å². The van der Waals surface area contributed by atoms with Crippen molar-refractivity contribution in [3.63, 3.8) is 0 Å². The summed E-state index contributed by atoms with van der Waals surface area (Å²) in [6.07, 6.45) is 20.4. The molecule has 0 saturated heterocycles. The van der Waals surface area contributed by atoms with Gasteiger partial charge in [0, 0.05) is 22.5 Å². The Hall–Kier alpha value is -7.40. The van der Waals surface area contributed by atoms with Crippen LogP contribution < -0.4 is 15.3 Å². The van der Waals surface area contributed by atoms with Gasteiger partial charge in [0.1, 0.15) is 0 Å². The smallest absolute Gasteiger partial charge is 0.0694 e. The molecule has 1 heteroatoms. The van der Waals surface area contributed by atoms with E-state index in [0.29, 0.717) is 11.8 Å². The summed E-state index contributed by atoms with van der Waals surface area (Å²) in [6, 6.07) is 57.1. The minimum atomic E-state index is -0.375. The Morgan fingerprint density at radius 2 is 1.30 bits per heavy atom. The molecule has 63 heavy (non-hydrogen) atoms. The molecular formula is C62H45N. The number of nitrogens with zero attached hydrogens (tertiary/aromatic N) is 1. The van der Waals surface area contributed by atoms with Crippen molar-refractivity contribution in [2.75, 3.05) is 4.90 Å². The zero-order valence-electron chi connectivity index (χ0n) is 35.6. The second-order valence-corrected chi connectivity index (χ2v) is 18.5. The van der Waals surface area contributed by atoms with Crippen LogP contribution >= 0.6 is 0 Å². The lowest BCUT2D eigenvalue weighted by Crippen LogP contribution is -2.33. The summed E-state index contributed by atoms with van der Waals surface area (Å²) < 4.78 is 0. The van der Waals surface area contributed by atoms with Crippen LogP contribution in [0.15, 0.2) is 205 Å². The van der Waals surface area contributed by atoms with Gasteiger partial charge >= 0.3 is 0 Å². The van der Waals surface area contributed by atoms with Gasteiger partial charge in [-0.2, -0.15) is 0 Å². The largest absolute Gasteiger partial charge is 0.309 e. The van der Waals surface area contributed by atoms with Crippen molar-refractivity contribution in [1.29, 1.82) is 0 Å². The topological polar surface area (TPSA) is 3.24 Å². The first kappa shape index (κ1) is 36.3. The summed E-state index contributed by atoms with van der Waals surface area (Å²) in [5.74, 6) is 0.820. The zero-order valence-corrected chi connectivity index (χ0v) is 35.6. The van der Waals surface area contributed by atoms with Crippen molar-refractivity contribution in [2.45, 2.75) is 43.4 Å². The number of hydrogen-bond acceptors (Lipinski definition) is 1. The average molecular weight is 804 g/mol. The fourth-order valence-electron chi connectivity index (χ4n) is 12.4. The molecule has 0 saturated carbocycles. The van der Waals surface area contributed by atoms with Gasteiger partial charge in [0.15, 0.2) is 0 Å². The van der Waals surface area contributed by atoms with E-state index >= 15 is 0 Å². The molecule has 0 fully saturated rings. The Kier molecular flexibility index (Phi) is 7.80. The predicted molar refractivity (Wildman–Crippen MR) is 262 cm³/mol. The minimum absolute atomic E-state index is 0.0184. The Morgan fingerprint density at radius 3 is 2.14 bits per heavy atom. The highest BCUT2D eigenvalue weighted by Crippen LogP contribution is 2.65. The molecule has 0 heterocycles. The van der Waals surface area contributed by atoms with Gasteiger partial charge in [-0.15, -0.1) is 0 Å². The molecule has 3 unspecified atom stereocenters. The lowest BCUT2D eigenvalue weighted by atomic mass is 9.66. The van der Waals surface area contributed by atoms with E-state index in [1.165, 1.54) is 83.1 Å². The van der Waals surface area contributed by atoms with Crippen LogP contribution in [-0.4, -0.2) is 0 Å². The molecule has 1 nitrogen and oxygen atoms in total. The van der Waals surface area contributed by atoms with Crippen LogP contribution in [0.3, 0.4) is 0 Å². The Balaban J connectivity index is 1.04. The van der Waals surface area contributed by atoms with Crippen molar-refractivity contribution >= 4 is 34.4 Å². The number of hydrogen-bond donors (Lipinski definition) is 0. The third-order valence-corrected chi connectivity index (χ3v) is 15.1. The van der Waals surface area contributed by atoms with Crippen molar-refractivity contribution in [3.05, 3.63) is 249 Å². The molecule has 0 amide bonds. The highest BCUT2D eigenvalue weighted by Gasteiger charge is 2.53. The summed E-state index contributed by atoms with van der Waals surface area (Å²) in [5.41, 5.74) is 29.0. The minimum Gasteiger partial charge on any atom is -0.309 e. The molecule has 0 N–H and O–H groups in total. The Morgan fingerprint density at radius 1 is 0.603 bits per heavy atom. The van der Waals surface area contributed by atoms with E-state index in [1.54, 1.807) is 0 Å². The van der Waals surface area contributed by atoms with Crippen molar-refractivity contribution < 1.29 is 0 Å². The number of rotatable bonds is 5. The monoisotopic (exact) mass is 803 g/mol. The molecule has 0 aliphatic heterocycles. The van der Waals surface area contributed by atoms with Crippen LogP contribution in [0.2, 0.25) is 0 Å². The van der Waals surface area contributed by atoms with E-state index in [9.17, 15) is 0 Å². The zero-order chi connectivity index (χ0) is 41.9. The normalized spacial score (nSPS) is 20.6. The van der Waals surface area contributed by atoms with E-state index in [2.05, 4.69) is 224 Å². The molecule has 7 aromatic carbocycles. The first-order valence-corrected chi connectivity index (χ1v) is 22.6. The summed E-state index contributed by atoms with van der Waals surface area (Å²) in [6.45, 7) is 4.84. The summed E-state index contributed by atoms with van der Waals surface area (Å²) >= 11 is 0. The molecule has 6 aliphatic carbocycles. The summed E-state index contributed by atoms with van der Waals surface area (Å²) in [7, 11) is 0. The lowest BCUT2D eigenvalue weighted by molar-refractivity contribution is 0.394. The third kappa shape index (κ3) is 5.01. The fraction of sp³-hybridized carbons (Fsp3) is 0.129. The Labute approximate surface area is 369 Å². The second kappa shape index (κ2) is 13.5. The van der Waals surface area contributed by atoms with Gasteiger partial charge in [-0.1, -0.05) is 183 Å². The number of allylic oxidation sites excluding steroid dienone is 9. The summed E-state index contributed by atoms with van der Waals surface area (Å²) in [5, 5.41) is 2.22. The van der Waals surface area contributed by atoms with Gasteiger partial charge in [-0.25, -0.2) is 0 Å². The van der Waals surface area contributed by atoms with Crippen molar-refractivity contribution in [3.8, 4) is 33.4 Å². The second-order valence-electron chi connectivity index (χ2n) is 18.5. The van der Waals surface area contributed by atoms with Gasteiger partial charge < -0.3 is 4.90 Å². The van der Waals surface area contributed by atoms with Gasteiger partial charge in [0.05, 0.1) is 16.3 Å². The molecule has 298 valence electrons. The lowest BCUT2D eigenvalue weighted by Gasteiger charge is -2.35. The third-order valence-electron chi connectivity index (χ3n) is 15.1. The standard InChI is InChI=1S/C62H45N/c1-61(2)54-27-12-8-20-46(54)50-36-35-43(39-58(50)61)63(42-33-31-41(32-34-42)40-17-4-3-5-18-40)59-38-37-45(44-19-6-7-24-51(44)59)52-25-16-26-53-49-23-11-15-30-57(49)62(60(52)53)55-28-13-9-21-47(55)48-22-10-14-29-56(48)62/h3-6,8-13,15-23,25-28,30-39,46,54H,14,29H2,1-2H3. The number of fused-ring (bicyclic) bond motifs is 13. The maximum absolute atomic E-state index is 3.70. The predicted octanol–water partition coefficient (Wildman–Crippen LogP) is 13.9. The molecule has 0 radical (unpaired) electrons. The molecule has 6 aliphatic rings. The van der Waals surface area contributed by atoms with Crippen LogP contribution in [0.25, 0.3) is 50.8 Å². The van der Waals surface area contributed by atoms with Gasteiger partial charge in [0.25, 0.3) is 0 Å². The van der Waals surface area contributed by atoms with E-state index in [1.807, 2.05) is 6.08 Å². The molecular weight excluding hydrogens is 759 g/mol. The molecule has 1 spiro atoms.